The molecule has 0 aromatic carbocycles. The zero-order chi connectivity index (χ0) is 14.9. The number of hydrogen-bond donors (Lipinski definition) is 1. The quantitative estimate of drug-likeness (QED) is 0.634. The lowest BCUT2D eigenvalue weighted by Gasteiger charge is -2.55. The number of aliphatic hydroxyl groups is 1. The van der Waals surface area contributed by atoms with Gasteiger partial charge in [0, 0.05) is 20.6 Å². The minimum atomic E-state index is -0.167. The highest BCUT2D eigenvalue weighted by molar-refractivity contribution is 5.14. The van der Waals surface area contributed by atoms with Gasteiger partial charge < -0.3 is 14.6 Å². The molecule has 0 amide bonds. The first-order chi connectivity index (χ1) is 9.42. The monoisotopic (exact) mass is 282 g/mol. The average molecular weight is 282 g/mol. The molecule has 0 aromatic rings. The summed E-state index contributed by atoms with van der Waals surface area (Å²) >= 11 is 0. The molecule has 116 valence electrons. The van der Waals surface area contributed by atoms with Gasteiger partial charge in [0.1, 0.15) is 0 Å². The highest BCUT2D eigenvalue weighted by Gasteiger charge is 2.51. The van der Waals surface area contributed by atoms with Gasteiger partial charge in [0.15, 0.2) is 6.29 Å². The summed E-state index contributed by atoms with van der Waals surface area (Å²) in [7, 11) is 3.42. The molecule has 0 aromatic heterocycles. The topological polar surface area (TPSA) is 38.7 Å². The highest BCUT2D eigenvalue weighted by Crippen LogP contribution is 2.56. The molecule has 20 heavy (non-hydrogen) atoms. The van der Waals surface area contributed by atoms with Gasteiger partial charge in [0.25, 0.3) is 0 Å². The highest BCUT2D eigenvalue weighted by atomic mass is 16.7. The molecule has 0 bridgehead atoms. The van der Waals surface area contributed by atoms with Crippen molar-refractivity contribution in [2.75, 3.05) is 14.2 Å². The molecular formula is C17H30O3. The maximum Gasteiger partial charge on any atom is 0.157 e. The van der Waals surface area contributed by atoms with Crippen LogP contribution in [-0.4, -0.2) is 31.7 Å². The maximum absolute atomic E-state index is 10.5. The molecule has 0 heterocycles. The summed E-state index contributed by atoms with van der Waals surface area (Å²) in [6.45, 7) is 6.85. The Balaban J connectivity index is 2.26. The first-order valence-electron chi connectivity index (χ1n) is 7.81. The van der Waals surface area contributed by atoms with E-state index >= 15 is 0 Å². The molecule has 2 aliphatic carbocycles. The lowest BCUT2D eigenvalue weighted by molar-refractivity contribution is -0.154. The fourth-order valence-corrected chi connectivity index (χ4v) is 4.76. The fourth-order valence-electron chi connectivity index (χ4n) is 4.76. The number of rotatable bonds is 4. The Hall–Kier alpha value is -0.380. The molecular weight excluding hydrogens is 252 g/mol. The Kier molecular flexibility index (Phi) is 4.93. The standard InChI is InChI=1S/C17H30O3/c1-11-6-7-13-15(18)8-12(2)14(17(13,3)10-11)9-16(19-4)20-5/h6,12-16,18H,7-10H2,1-5H3/t12-,13-,14+,15-,17+/m0/s1. The molecule has 0 aliphatic heterocycles. The molecule has 2 aliphatic rings. The lowest BCUT2D eigenvalue weighted by Crippen LogP contribution is -2.51. The van der Waals surface area contributed by atoms with E-state index in [4.69, 9.17) is 9.47 Å². The lowest BCUT2D eigenvalue weighted by atomic mass is 9.51. The Morgan fingerprint density at radius 1 is 1.40 bits per heavy atom. The molecule has 0 spiro atoms. The Morgan fingerprint density at radius 3 is 2.65 bits per heavy atom. The largest absolute Gasteiger partial charge is 0.393 e. The molecule has 0 saturated heterocycles. The van der Waals surface area contributed by atoms with Crippen LogP contribution in [0, 0.1) is 23.2 Å². The van der Waals surface area contributed by atoms with Crippen molar-refractivity contribution in [2.24, 2.45) is 23.2 Å². The average Bonchev–Trinajstić information content (AvgIpc) is 2.38. The van der Waals surface area contributed by atoms with Crippen LogP contribution >= 0.6 is 0 Å². The zero-order valence-electron chi connectivity index (χ0n) is 13.6. The predicted molar refractivity (Wildman–Crippen MR) is 80.3 cm³/mol. The molecule has 2 rings (SSSR count). The van der Waals surface area contributed by atoms with Crippen LogP contribution in [0.1, 0.15) is 46.5 Å². The number of ether oxygens (including phenoxy) is 2. The minimum absolute atomic E-state index is 0.138. The van der Waals surface area contributed by atoms with Crippen LogP contribution in [0.4, 0.5) is 0 Å². The van der Waals surface area contributed by atoms with Crippen molar-refractivity contribution in [1.29, 1.82) is 0 Å². The van der Waals surface area contributed by atoms with E-state index in [1.165, 1.54) is 5.57 Å². The molecule has 3 nitrogen and oxygen atoms in total. The van der Waals surface area contributed by atoms with Crippen molar-refractivity contribution in [3.8, 4) is 0 Å². The summed E-state index contributed by atoms with van der Waals surface area (Å²) in [5.74, 6) is 1.41. The van der Waals surface area contributed by atoms with Crippen molar-refractivity contribution in [1.82, 2.24) is 0 Å². The number of aliphatic hydroxyl groups excluding tert-OH is 1. The molecule has 1 N–H and O–H groups in total. The summed E-state index contributed by atoms with van der Waals surface area (Å²) < 4.78 is 10.9. The van der Waals surface area contributed by atoms with E-state index in [9.17, 15) is 5.11 Å². The van der Waals surface area contributed by atoms with Crippen molar-refractivity contribution in [3.05, 3.63) is 11.6 Å². The normalized spacial score (nSPS) is 41.5. The number of allylic oxidation sites excluding steroid dienone is 2. The van der Waals surface area contributed by atoms with E-state index < -0.39 is 0 Å². The summed E-state index contributed by atoms with van der Waals surface area (Å²) in [5, 5.41) is 10.5. The summed E-state index contributed by atoms with van der Waals surface area (Å²) in [5.41, 5.74) is 1.62. The SMILES string of the molecule is COC(C[C@@H]1[C@@H](C)C[C@H](O)[C@@H]2CC=C(C)C[C@@]12C)OC. The van der Waals surface area contributed by atoms with E-state index in [-0.39, 0.29) is 17.8 Å². The van der Waals surface area contributed by atoms with Gasteiger partial charge in [-0.3, -0.25) is 0 Å². The van der Waals surface area contributed by atoms with Crippen LogP contribution in [0.3, 0.4) is 0 Å². The summed E-state index contributed by atoms with van der Waals surface area (Å²) in [4.78, 5) is 0. The molecule has 0 radical (unpaired) electrons. The Morgan fingerprint density at radius 2 is 2.05 bits per heavy atom. The Bertz CT molecular complexity index is 361. The third-order valence-corrected chi connectivity index (χ3v) is 5.81. The van der Waals surface area contributed by atoms with Crippen molar-refractivity contribution >= 4 is 0 Å². The van der Waals surface area contributed by atoms with Gasteiger partial charge in [-0.25, -0.2) is 0 Å². The molecule has 1 fully saturated rings. The number of methoxy groups -OCH3 is 2. The smallest absolute Gasteiger partial charge is 0.157 e. The fraction of sp³-hybridized carbons (Fsp3) is 0.882. The third kappa shape index (κ3) is 2.81. The molecule has 3 heteroatoms. The van der Waals surface area contributed by atoms with E-state index in [1.54, 1.807) is 14.2 Å². The summed E-state index contributed by atoms with van der Waals surface area (Å²) in [6.07, 6.45) is 5.92. The van der Waals surface area contributed by atoms with Crippen LogP contribution in [0.5, 0.6) is 0 Å². The van der Waals surface area contributed by atoms with Gasteiger partial charge in [-0.1, -0.05) is 25.5 Å². The van der Waals surface area contributed by atoms with Gasteiger partial charge in [-0.15, -0.1) is 0 Å². The molecule has 0 unspecified atom stereocenters. The number of fused-ring (bicyclic) bond motifs is 1. The number of hydrogen-bond acceptors (Lipinski definition) is 3. The first kappa shape index (κ1) is 16.0. The summed E-state index contributed by atoms with van der Waals surface area (Å²) in [6, 6.07) is 0. The van der Waals surface area contributed by atoms with Crippen LogP contribution < -0.4 is 0 Å². The van der Waals surface area contributed by atoms with Gasteiger partial charge >= 0.3 is 0 Å². The predicted octanol–water partition coefficient (Wildman–Crippen LogP) is 3.37. The van der Waals surface area contributed by atoms with E-state index in [1.807, 2.05) is 0 Å². The second-order valence-corrected chi connectivity index (χ2v) is 7.10. The van der Waals surface area contributed by atoms with E-state index in [0.717, 1.165) is 25.7 Å². The van der Waals surface area contributed by atoms with Gasteiger partial charge in [0.05, 0.1) is 6.10 Å². The molecule has 1 saturated carbocycles. The van der Waals surface area contributed by atoms with E-state index in [0.29, 0.717) is 17.8 Å². The first-order valence-corrected chi connectivity index (χ1v) is 7.81. The molecule has 5 atom stereocenters. The maximum atomic E-state index is 10.5. The van der Waals surface area contributed by atoms with Crippen LogP contribution in [-0.2, 0) is 9.47 Å². The van der Waals surface area contributed by atoms with Crippen LogP contribution in [0.25, 0.3) is 0 Å². The van der Waals surface area contributed by atoms with Gasteiger partial charge in [-0.2, -0.15) is 0 Å². The Labute approximate surface area is 123 Å². The van der Waals surface area contributed by atoms with Crippen molar-refractivity contribution in [3.63, 3.8) is 0 Å². The van der Waals surface area contributed by atoms with Crippen LogP contribution in [0.15, 0.2) is 11.6 Å². The second-order valence-electron chi connectivity index (χ2n) is 7.10. The van der Waals surface area contributed by atoms with Gasteiger partial charge in [0.2, 0.25) is 0 Å². The minimum Gasteiger partial charge on any atom is -0.393 e. The zero-order valence-corrected chi connectivity index (χ0v) is 13.6. The van der Waals surface area contributed by atoms with Gasteiger partial charge in [-0.05, 0) is 49.4 Å². The van der Waals surface area contributed by atoms with Crippen molar-refractivity contribution in [2.45, 2.75) is 58.8 Å². The van der Waals surface area contributed by atoms with Crippen LogP contribution in [0.2, 0.25) is 0 Å². The van der Waals surface area contributed by atoms with E-state index in [2.05, 4.69) is 26.8 Å². The van der Waals surface area contributed by atoms with Crippen molar-refractivity contribution < 1.29 is 14.6 Å². The second kappa shape index (κ2) is 6.17. The third-order valence-electron chi connectivity index (χ3n) is 5.81.